The van der Waals surface area contributed by atoms with E-state index in [2.05, 4.69) is 29.2 Å². The molecule has 3 nitrogen and oxygen atoms in total. The molecule has 18 heavy (non-hydrogen) atoms. The van der Waals surface area contributed by atoms with Crippen molar-refractivity contribution in [3.05, 3.63) is 29.8 Å². The Morgan fingerprint density at radius 2 is 1.89 bits per heavy atom. The highest BCUT2D eigenvalue weighted by molar-refractivity contribution is 5.27. The van der Waals surface area contributed by atoms with Crippen LogP contribution in [0.3, 0.4) is 0 Å². The van der Waals surface area contributed by atoms with Crippen LogP contribution in [0.1, 0.15) is 19.4 Å². The molecule has 0 aliphatic carbocycles. The summed E-state index contributed by atoms with van der Waals surface area (Å²) >= 11 is 0. The highest BCUT2D eigenvalue weighted by Crippen LogP contribution is 2.14. The van der Waals surface area contributed by atoms with Crippen molar-refractivity contribution in [1.29, 1.82) is 0 Å². The molecular formula is C13H20F2N2O. The van der Waals surface area contributed by atoms with Crippen LogP contribution in [0, 0.1) is 0 Å². The number of alkyl halides is 2. The Morgan fingerprint density at radius 1 is 1.22 bits per heavy atom. The van der Waals surface area contributed by atoms with Crippen LogP contribution in [0.25, 0.3) is 0 Å². The largest absolute Gasteiger partial charge is 0.435 e. The highest BCUT2D eigenvalue weighted by atomic mass is 19.3. The van der Waals surface area contributed by atoms with Crippen LogP contribution in [-0.4, -0.2) is 25.7 Å². The van der Waals surface area contributed by atoms with E-state index in [4.69, 9.17) is 0 Å². The minimum atomic E-state index is -2.77. The van der Waals surface area contributed by atoms with Crippen molar-refractivity contribution in [2.24, 2.45) is 0 Å². The zero-order chi connectivity index (χ0) is 13.4. The Bertz CT molecular complexity index is 330. The van der Waals surface area contributed by atoms with Gasteiger partial charge < -0.3 is 15.4 Å². The highest BCUT2D eigenvalue weighted by Gasteiger charge is 2.04. The predicted molar refractivity (Wildman–Crippen MR) is 67.9 cm³/mol. The predicted octanol–water partition coefficient (Wildman–Crippen LogP) is 2.38. The lowest BCUT2D eigenvalue weighted by Gasteiger charge is -2.14. The van der Waals surface area contributed by atoms with Gasteiger partial charge in [-0.1, -0.05) is 19.1 Å². The normalized spacial score (nSPS) is 12.7. The van der Waals surface area contributed by atoms with Crippen molar-refractivity contribution in [3.8, 4) is 5.75 Å². The topological polar surface area (TPSA) is 33.3 Å². The molecule has 2 N–H and O–H groups in total. The van der Waals surface area contributed by atoms with E-state index in [9.17, 15) is 8.78 Å². The van der Waals surface area contributed by atoms with E-state index in [0.717, 1.165) is 18.7 Å². The van der Waals surface area contributed by atoms with E-state index in [-0.39, 0.29) is 5.75 Å². The molecule has 0 aliphatic heterocycles. The Labute approximate surface area is 107 Å². The Kier molecular flexibility index (Phi) is 6.60. The fourth-order valence-corrected chi connectivity index (χ4v) is 1.51. The third-order valence-electron chi connectivity index (χ3n) is 2.50. The van der Waals surface area contributed by atoms with Gasteiger partial charge in [0, 0.05) is 19.1 Å². The quantitative estimate of drug-likeness (QED) is 0.751. The van der Waals surface area contributed by atoms with E-state index in [1.54, 1.807) is 24.3 Å². The molecule has 1 aromatic carbocycles. The molecule has 0 aliphatic rings. The van der Waals surface area contributed by atoms with Crippen molar-refractivity contribution in [2.75, 3.05) is 13.1 Å². The van der Waals surface area contributed by atoms with Gasteiger partial charge in [-0.2, -0.15) is 8.78 Å². The number of ether oxygens (including phenoxy) is 1. The second-order valence-corrected chi connectivity index (χ2v) is 4.11. The van der Waals surface area contributed by atoms with Gasteiger partial charge in [-0.3, -0.25) is 0 Å². The first kappa shape index (κ1) is 14.9. The molecule has 0 radical (unpaired) electrons. The van der Waals surface area contributed by atoms with Crippen LogP contribution < -0.4 is 15.4 Å². The van der Waals surface area contributed by atoms with Gasteiger partial charge in [0.15, 0.2) is 0 Å². The Morgan fingerprint density at radius 3 is 2.44 bits per heavy atom. The van der Waals surface area contributed by atoms with Crippen molar-refractivity contribution >= 4 is 0 Å². The number of hydrogen-bond donors (Lipinski definition) is 2. The third-order valence-corrected chi connectivity index (χ3v) is 2.50. The number of hydrogen-bond acceptors (Lipinski definition) is 3. The maximum atomic E-state index is 12.0. The molecule has 1 atom stereocenters. The van der Waals surface area contributed by atoms with Crippen LogP contribution >= 0.6 is 0 Å². The molecule has 1 unspecified atom stereocenters. The number of rotatable bonds is 8. The molecular weight excluding hydrogens is 238 g/mol. The monoisotopic (exact) mass is 258 g/mol. The van der Waals surface area contributed by atoms with Crippen molar-refractivity contribution in [1.82, 2.24) is 10.6 Å². The molecule has 0 bridgehead atoms. The van der Waals surface area contributed by atoms with Crippen LogP contribution in [0.5, 0.6) is 5.75 Å². The average Bonchev–Trinajstić information content (AvgIpc) is 2.35. The number of likely N-dealkylation sites (N-methyl/N-ethyl adjacent to an activating group) is 1. The molecule has 0 saturated heterocycles. The average molecular weight is 258 g/mol. The van der Waals surface area contributed by atoms with Gasteiger partial charge in [0.25, 0.3) is 0 Å². The number of nitrogens with one attached hydrogen (secondary N) is 2. The molecule has 1 aromatic rings. The zero-order valence-electron chi connectivity index (χ0n) is 10.7. The van der Waals surface area contributed by atoms with Crippen molar-refractivity contribution in [2.45, 2.75) is 33.0 Å². The lowest BCUT2D eigenvalue weighted by Crippen LogP contribution is -2.35. The molecule has 0 saturated carbocycles. The summed E-state index contributed by atoms with van der Waals surface area (Å²) in [5.41, 5.74) is 1.04. The molecule has 0 fully saturated rings. The Balaban J connectivity index is 2.34. The molecule has 5 heteroatoms. The maximum absolute atomic E-state index is 12.0. The molecule has 102 valence electrons. The third kappa shape index (κ3) is 5.93. The second-order valence-electron chi connectivity index (χ2n) is 4.11. The summed E-state index contributed by atoms with van der Waals surface area (Å²) < 4.78 is 28.2. The number of halogens is 2. The second kappa shape index (κ2) is 8.00. The molecule has 0 amide bonds. The van der Waals surface area contributed by atoms with E-state index in [0.29, 0.717) is 12.6 Å². The lowest BCUT2D eigenvalue weighted by molar-refractivity contribution is -0.0498. The van der Waals surface area contributed by atoms with Crippen molar-refractivity contribution in [3.63, 3.8) is 0 Å². The van der Waals surface area contributed by atoms with E-state index in [1.165, 1.54) is 0 Å². The summed E-state index contributed by atoms with van der Waals surface area (Å²) in [5.74, 6) is 0.189. The first-order valence-electron chi connectivity index (χ1n) is 6.09. The van der Waals surface area contributed by atoms with Gasteiger partial charge in [-0.05, 0) is 31.2 Å². The molecule has 0 spiro atoms. The van der Waals surface area contributed by atoms with Gasteiger partial charge in [0.2, 0.25) is 0 Å². The van der Waals surface area contributed by atoms with Gasteiger partial charge in [0.1, 0.15) is 5.75 Å². The van der Waals surface area contributed by atoms with E-state index >= 15 is 0 Å². The van der Waals surface area contributed by atoms with E-state index in [1.807, 2.05) is 0 Å². The van der Waals surface area contributed by atoms with Gasteiger partial charge >= 0.3 is 6.61 Å². The smallest absolute Gasteiger partial charge is 0.387 e. The summed E-state index contributed by atoms with van der Waals surface area (Å²) in [7, 11) is 0. The summed E-state index contributed by atoms with van der Waals surface area (Å²) in [4.78, 5) is 0. The fraction of sp³-hybridized carbons (Fsp3) is 0.538. The first-order chi connectivity index (χ1) is 8.61. The fourth-order valence-electron chi connectivity index (χ4n) is 1.51. The first-order valence-corrected chi connectivity index (χ1v) is 6.09. The van der Waals surface area contributed by atoms with Crippen molar-refractivity contribution < 1.29 is 13.5 Å². The standard InChI is InChI=1S/C13H20F2N2O/c1-3-16-8-10(2)17-9-11-4-6-12(7-5-11)18-13(14)15/h4-7,10,13,16-17H,3,8-9H2,1-2H3. The summed E-state index contributed by atoms with van der Waals surface area (Å²) in [6.07, 6.45) is 0. The van der Waals surface area contributed by atoms with Gasteiger partial charge in [-0.15, -0.1) is 0 Å². The zero-order valence-corrected chi connectivity index (χ0v) is 10.7. The minimum Gasteiger partial charge on any atom is -0.435 e. The van der Waals surface area contributed by atoms with E-state index < -0.39 is 6.61 Å². The molecule has 0 heterocycles. The van der Waals surface area contributed by atoms with Crippen LogP contribution in [-0.2, 0) is 6.54 Å². The SMILES string of the molecule is CCNCC(C)NCc1ccc(OC(F)F)cc1. The maximum Gasteiger partial charge on any atom is 0.387 e. The van der Waals surface area contributed by atoms with Crippen LogP contribution in [0.4, 0.5) is 8.78 Å². The molecule has 1 rings (SSSR count). The summed E-state index contributed by atoms with van der Waals surface area (Å²) in [6.45, 7) is 3.95. The lowest BCUT2D eigenvalue weighted by atomic mass is 10.2. The van der Waals surface area contributed by atoms with Gasteiger partial charge in [-0.25, -0.2) is 0 Å². The minimum absolute atomic E-state index is 0.189. The van der Waals surface area contributed by atoms with Gasteiger partial charge in [0.05, 0.1) is 0 Å². The van der Waals surface area contributed by atoms with Crippen LogP contribution in [0.15, 0.2) is 24.3 Å². The summed E-state index contributed by atoms with van der Waals surface area (Å²) in [5, 5.41) is 6.59. The Hall–Kier alpha value is -1.20. The van der Waals surface area contributed by atoms with Crippen LogP contribution in [0.2, 0.25) is 0 Å². The molecule has 0 aromatic heterocycles. The number of benzene rings is 1. The summed E-state index contributed by atoms with van der Waals surface area (Å²) in [6, 6.07) is 7.04.